The van der Waals surface area contributed by atoms with Gasteiger partial charge in [0.05, 0.1) is 5.75 Å². The molecule has 0 aliphatic rings. The van der Waals surface area contributed by atoms with Gasteiger partial charge in [0.15, 0.2) is 10.9 Å². The van der Waals surface area contributed by atoms with Crippen LogP contribution in [0, 0.1) is 13.8 Å². The van der Waals surface area contributed by atoms with Crippen molar-refractivity contribution in [3.63, 3.8) is 0 Å². The van der Waals surface area contributed by atoms with E-state index >= 15 is 0 Å². The van der Waals surface area contributed by atoms with E-state index in [9.17, 15) is 4.79 Å². The van der Waals surface area contributed by atoms with Crippen molar-refractivity contribution < 1.29 is 4.79 Å². The van der Waals surface area contributed by atoms with Gasteiger partial charge in [0.1, 0.15) is 5.82 Å². The molecular formula is C21H23N3OS. The molecule has 2 aromatic carbocycles. The third-order valence-corrected chi connectivity index (χ3v) is 5.31. The largest absolute Gasteiger partial charge is 0.306 e. The molecule has 0 amide bonds. The molecular weight excluding hydrogens is 342 g/mol. The number of nitrogens with zero attached hydrogens (tertiary/aromatic N) is 3. The molecule has 0 fully saturated rings. The van der Waals surface area contributed by atoms with E-state index in [0.717, 1.165) is 40.6 Å². The van der Waals surface area contributed by atoms with Gasteiger partial charge in [-0.2, -0.15) is 0 Å². The van der Waals surface area contributed by atoms with E-state index in [0.29, 0.717) is 5.75 Å². The molecule has 5 heteroatoms. The Kier molecular flexibility index (Phi) is 5.89. The molecule has 4 nitrogen and oxygen atoms in total. The second kappa shape index (κ2) is 8.32. The highest BCUT2D eigenvalue weighted by Crippen LogP contribution is 2.21. The number of carbonyl (C=O) groups excluding carboxylic acids is 1. The first-order valence-electron chi connectivity index (χ1n) is 8.77. The van der Waals surface area contributed by atoms with Crippen molar-refractivity contribution in [1.29, 1.82) is 0 Å². The van der Waals surface area contributed by atoms with Gasteiger partial charge in [-0.1, -0.05) is 59.8 Å². The smallest absolute Gasteiger partial charge is 0.191 e. The van der Waals surface area contributed by atoms with Crippen molar-refractivity contribution in [2.45, 2.75) is 38.9 Å². The van der Waals surface area contributed by atoms with Crippen molar-refractivity contribution in [3.8, 4) is 0 Å². The van der Waals surface area contributed by atoms with Crippen molar-refractivity contribution >= 4 is 17.5 Å². The number of Topliss-reactive ketones (excluding diaryl/α,β-unsaturated/α-hetero) is 1. The lowest BCUT2D eigenvalue weighted by atomic mass is 10.0. The van der Waals surface area contributed by atoms with E-state index in [1.54, 1.807) is 0 Å². The Morgan fingerprint density at radius 2 is 1.85 bits per heavy atom. The van der Waals surface area contributed by atoms with Crippen molar-refractivity contribution in [2.24, 2.45) is 0 Å². The Bertz CT molecular complexity index is 903. The molecule has 3 aromatic rings. The van der Waals surface area contributed by atoms with Crippen LogP contribution in [0.2, 0.25) is 0 Å². The van der Waals surface area contributed by atoms with E-state index < -0.39 is 0 Å². The molecule has 0 atom stereocenters. The second-order valence-electron chi connectivity index (χ2n) is 6.34. The molecule has 0 unspecified atom stereocenters. The lowest BCUT2D eigenvalue weighted by molar-refractivity contribution is 0.102. The molecule has 0 aliphatic heterocycles. The standard InChI is InChI=1S/C21H23N3OS/c1-4-24-20(13-17-8-6-5-7-9-17)22-23-21(24)26-14-19(25)18-12-15(2)10-11-16(18)3/h5-12H,4,13-14H2,1-3H3. The van der Waals surface area contributed by atoms with Gasteiger partial charge in [-0.25, -0.2) is 0 Å². The molecule has 0 spiro atoms. The number of hydrogen-bond donors (Lipinski definition) is 0. The number of ketones is 1. The molecule has 0 aliphatic carbocycles. The summed E-state index contributed by atoms with van der Waals surface area (Å²) in [5.74, 6) is 1.43. The Hall–Kier alpha value is -2.40. The summed E-state index contributed by atoms with van der Waals surface area (Å²) in [5.41, 5.74) is 4.12. The van der Waals surface area contributed by atoms with E-state index in [4.69, 9.17) is 0 Å². The summed E-state index contributed by atoms with van der Waals surface area (Å²) >= 11 is 1.46. The Labute approximate surface area is 158 Å². The molecule has 0 bridgehead atoms. The lowest BCUT2D eigenvalue weighted by Gasteiger charge is -2.08. The minimum absolute atomic E-state index is 0.131. The van der Waals surface area contributed by atoms with Gasteiger partial charge >= 0.3 is 0 Å². The molecule has 134 valence electrons. The van der Waals surface area contributed by atoms with Crippen LogP contribution in [0.4, 0.5) is 0 Å². The van der Waals surface area contributed by atoms with Crippen molar-refractivity contribution in [1.82, 2.24) is 14.8 Å². The predicted octanol–water partition coefficient (Wildman–Crippen LogP) is 4.48. The average molecular weight is 366 g/mol. The Morgan fingerprint density at radius 1 is 1.08 bits per heavy atom. The van der Waals surface area contributed by atoms with Crippen LogP contribution in [-0.4, -0.2) is 26.3 Å². The summed E-state index contributed by atoms with van der Waals surface area (Å²) in [7, 11) is 0. The third-order valence-electron chi connectivity index (χ3n) is 4.34. The highest BCUT2D eigenvalue weighted by molar-refractivity contribution is 7.99. The molecule has 1 aromatic heterocycles. The summed E-state index contributed by atoms with van der Waals surface area (Å²) < 4.78 is 2.09. The van der Waals surface area contributed by atoms with Crippen LogP contribution in [0.15, 0.2) is 53.7 Å². The molecule has 0 saturated carbocycles. The third kappa shape index (κ3) is 4.22. The van der Waals surface area contributed by atoms with E-state index in [-0.39, 0.29) is 5.78 Å². The fourth-order valence-electron chi connectivity index (χ4n) is 2.90. The summed E-state index contributed by atoms with van der Waals surface area (Å²) in [6.07, 6.45) is 0.743. The fraction of sp³-hybridized carbons (Fsp3) is 0.286. The number of benzene rings is 2. The van der Waals surface area contributed by atoms with Gasteiger partial charge in [-0.05, 0) is 38.0 Å². The Balaban J connectivity index is 1.72. The quantitative estimate of drug-likeness (QED) is 0.457. The fourth-order valence-corrected chi connectivity index (χ4v) is 3.80. The summed E-state index contributed by atoms with van der Waals surface area (Å²) in [5, 5.41) is 9.46. The van der Waals surface area contributed by atoms with E-state index in [2.05, 4.69) is 33.8 Å². The zero-order valence-corrected chi connectivity index (χ0v) is 16.2. The molecule has 3 rings (SSSR count). The minimum Gasteiger partial charge on any atom is -0.306 e. The summed E-state index contributed by atoms with van der Waals surface area (Å²) in [6, 6.07) is 16.2. The lowest BCUT2D eigenvalue weighted by Crippen LogP contribution is -2.08. The van der Waals surface area contributed by atoms with Crippen LogP contribution in [-0.2, 0) is 13.0 Å². The molecule has 0 N–H and O–H groups in total. The summed E-state index contributed by atoms with van der Waals surface area (Å²) in [4.78, 5) is 12.6. The maximum Gasteiger partial charge on any atom is 0.191 e. The van der Waals surface area contributed by atoms with Gasteiger partial charge in [-0.15, -0.1) is 10.2 Å². The summed E-state index contributed by atoms with van der Waals surface area (Å²) in [6.45, 7) is 6.85. The molecule has 26 heavy (non-hydrogen) atoms. The zero-order chi connectivity index (χ0) is 18.5. The number of thioether (sulfide) groups is 1. The van der Waals surface area contributed by atoms with Crippen LogP contribution < -0.4 is 0 Å². The van der Waals surface area contributed by atoms with Gasteiger partial charge in [0.25, 0.3) is 0 Å². The zero-order valence-electron chi connectivity index (χ0n) is 15.4. The SMILES string of the molecule is CCn1c(Cc2ccccc2)nnc1SCC(=O)c1cc(C)ccc1C. The first-order valence-corrected chi connectivity index (χ1v) is 9.76. The van der Waals surface area contributed by atoms with Gasteiger partial charge in [-0.3, -0.25) is 4.79 Å². The highest BCUT2D eigenvalue weighted by atomic mass is 32.2. The topological polar surface area (TPSA) is 47.8 Å². The predicted molar refractivity (Wildman–Crippen MR) is 106 cm³/mol. The van der Waals surface area contributed by atoms with Crippen LogP contribution in [0.5, 0.6) is 0 Å². The first-order chi connectivity index (χ1) is 12.6. The number of hydrogen-bond acceptors (Lipinski definition) is 4. The minimum atomic E-state index is 0.131. The monoisotopic (exact) mass is 365 g/mol. The maximum absolute atomic E-state index is 12.6. The van der Waals surface area contributed by atoms with Gasteiger partial charge < -0.3 is 4.57 Å². The first kappa shape index (κ1) is 18.4. The normalized spacial score (nSPS) is 10.9. The number of carbonyl (C=O) groups is 1. The number of aryl methyl sites for hydroxylation is 2. The molecule has 0 radical (unpaired) electrons. The van der Waals surface area contributed by atoms with Crippen molar-refractivity contribution in [2.75, 3.05) is 5.75 Å². The Morgan fingerprint density at radius 3 is 2.58 bits per heavy atom. The van der Waals surface area contributed by atoms with Crippen LogP contribution in [0.25, 0.3) is 0 Å². The maximum atomic E-state index is 12.6. The molecule has 0 saturated heterocycles. The van der Waals surface area contributed by atoms with Crippen LogP contribution in [0.3, 0.4) is 0 Å². The van der Waals surface area contributed by atoms with Crippen molar-refractivity contribution in [3.05, 3.63) is 76.6 Å². The van der Waals surface area contributed by atoms with E-state index in [1.165, 1.54) is 17.3 Å². The highest BCUT2D eigenvalue weighted by Gasteiger charge is 2.15. The number of aromatic nitrogens is 3. The van der Waals surface area contributed by atoms with Gasteiger partial charge in [0, 0.05) is 18.5 Å². The average Bonchev–Trinajstić information content (AvgIpc) is 3.04. The second-order valence-corrected chi connectivity index (χ2v) is 7.28. The van der Waals surface area contributed by atoms with Crippen LogP contribution in [0.1, 0.15) is 39.8 Å². The van der Waals surface area contributed by atoms with E-state index in [1.807, 2.05) is 50.2 Å². The van der Waals surface area contributed by atoms with Crippen LogP contribution >= 0.6 is 11.8 Å². The molecule has 1 heterocycles. The number of rotatable bonds is 7. The van der Waals surface area contributed by atoms with Gasteiger partial charge in [0.2, 0.25) is 0 Å².